The summed E-state index contributed by atoms with van der Waals surface area (Å²) in [4.78, 5) is 0. The zero-order valence-corrected chi connectivity index (χ0v) is 11.9. The second kappa shape index (κ2) is 6.00. The Labute approximate surface area is 115 Å². The van der Waals surface area contributed by atoms with Crippen LogP contribution in [0.3, 0.4) is 0 Å². The molecular weight excluding hydrogens is 232 g/mol. The molecule has 0 heterocycles. The van der Waals surface area contributed by atoms with Gasteiger partial charge in [0.25, 0.3) is 0 Å². The van der Waals surface area contributed by atoms with E-state index in [0.29, 0.717) is 0 Å². The van der Waals surface area contributed by atoms with Crippen molar-refractivity contribution in [2.24, 2.45) is 5.84 Å². The molecule has 2 aromatic carbocycles. The van der Waals surface area contributed by atoms with E-state index in [1.807, 2.05) is 0 Å². The Balaban J connectivity index is 2.25. The Morgan fingerprint density at radius 1 is 0.947 bits per heavy atom. The van der Waals surface area contributed by atoms with Crippen LogP contribution in [-0.2, 0) is 6.42 Å². The summed E-state index contributed by atoms with van der Waals surface area (Å²) < 4.78 is 0. The van der Waals surface area contributed by atoms with Gasteiger partial charge in [-0.2, -0.15) is 0 Å². The van der Waals surface area contributed by atoms with Gasteiger partial charge in [-0.25, -0.2) is 0 Å². The van der Waals surface area contributed by atoms with Crippen molar-refractivity contribution < 1.29 is 0 Å². The van der Waals surface area contributed by atoms with Crippen LogP contribution in [0.25, 0.3) is 0 Å². The van der Waals surface area contributed by atoms with Gasteiger partial charge >= 0.3 is 0 Å². The van der Waals surface area contributed by atoms with E-state index in [9.17, 15) is 0 Å². The third kappa shape index (κ3) is 3.22. The number of hydrogen-bond donors (Lipinski definition) is 2. The summed E-state index contributed by atoms with van der Waals surface area (Å²) in [5.74, 6) is 5.74. The third-order valence-corrected chi connectivity index (χ3v) is 3.82. The monoisotopic (exact) mass is 254 g/mol. The Bertz CT molecular complexity index is 561. The molecular formula is C17H22N2. The molecule has 0 fully saturated rings. The first-order chi connectivity index (χ1) is 9.11. The lowest BCUT2D eigenvalue weighted by molar-refractivity contribution is 0.550. The lowest BCUT2D eigenvalue weighted by atomic mass is 9.94. The van der Waals surface area contributed by atoms with Crippen molar-refractivity contribution in [3.63, 3.8) is 0 Å². The number of rotatable bonds is 4. The standard InChI is InChI=1S/C17H22N2/c1-12-8-9-16(10-14(12)3)17(19-18)11-15-7-5-4-6-13(15)2/h4-10,17,19H,11,18H2,1-3H3. The number of benzene rings is 2. The second-order valence-electron chi connectivity index (χ2n) is 5.19. The summed E-state index contributed by atoms with van der Waals surface area (Å²) in [7, 11) is 0. The fourth-order valence-corrected chi connectivity index (χ4v) is 2.31. The van der Waals surface area contributed by atoms with E-state index in [4.69, 9.17) is 5.84 Å². The topological polar surface area (TPSA) is 38.0 Å². The summed E-state index contributed by atoms with van der Waals surface area (Å²) in [5, 5.41) is 0. The SMILES string of the molecule is Cc1ccc(C(Cc2ccccc2C)NN)cc1C. The molecule has 0 aliphatic rings. The summed E-state index contributed by atoms with van der Waals surface area (Å²) in [6, 6.07) is 15.1. The zero-order chi connectivity index (χ0) is 13.8. The van der Waals surface area contributed by atoms with E-state index < -0.39 is 0 Å². The van der Waals surface area contributed by atoms with Crippen LogP contribution in [0.1, 0.15) is 33.9 Å². The first-order valence-corrected chi connectivity index (χ1v) is 6.69. The summed E-state index contributed by atoms with van der Waals surface area (Å²) >= 11 is 0. The van der Waals surface area contributed by atoms with Gasteiger partial charge in [0.2, 0.25) is 0 Å². The molecule has 2 heteroatoms. The molecule has 0 bridgehead atoms. The van der Waals surface area contributed by atoms with Crippen molar-refractivity contribution in [3.05, 3.63) is 70.3 Å². The number of nitrogens with two attached hydrogens (primary N) is 1. The van der Waals surface area contributed by atoms with E-state index in [-0.39, 0.29) is 6.04 Å². The molecule has 0 saturated heterocycles. The number of hydrazine groups is 1. The van der Waals surface area contributed by atoms with Crippen LogP contribution in [0.4, 0.5) is 0 Å². The van der Waals surface area contributed by atoms with Crippen molar-refractivity contribution in [1.82, 2.24) is 5.43 Å². The fraction of sp³-hybridized carbons (Fsp3) is 0.294. The molecule has 3 N–H and O–H groups in total. The molecule has 1 atom stereocenters. The maximum absolute atomic E-state index is 5.74. The quantitative estimate of drug-likeness (QED) is 0.648. The summed E-state index contributed by atoms with van der Waals surface area (Å²) in [6.07, 6.45) is 0.908. The highest BCUT2D eigenvalue weighted by atomic mass is 15.2. The van der Waals surface area contributed by atoms with Crippen LogP contribution in [0.5, 0.6) is 0 Å². The Morgan fingerprint density at radius 2 is 1.68 bits per heavy atom. The lowest BCUT2D eigenvalue weighted by Gasteiger charge is -2.18. The third-order valence-electron chi connectivity index (χ3n) is 3.82. The van der Waals surface area contributed by atoms with Gasteiger partial charge < -0.3 is 0 Å². The number of aryl methyl sites for hydroxylation is 3. The number of nitrogens with one attached hydrogen (secondary N) is 1. The maximum Gasteiger partial charge on any atom is 0.0500 e. The van der Waals surface area contributed by atoms with Gasteiger partial charge in [-0.15, -0.1) is 0 Å². The van der Waals surface area contributed by atoms with Crippen LogP contribution in [0.15, 0.2) is 42.5 Å². The predicted octanol–water partition coefficient (Wildman–Crippen LogP) is 3.36. The number of hydrogen-bond acceptors (Lipinski definition) is 2. The van der Waals surface area contributed by atoms with Gasteiger partial charge in [-0.1, -0.05) is 42.5 Å². The van der Waals surface area contributed by atoms with Crippen LogP contribution in [0, 0.1) is 20.8 Å². The van der Waals surface area contributed by atoms with E-state index >= 15 is 0 Å². The maximum atomic E-state index is 5.74. The van der Waals surface area contributed by atoms with E-state index in [1.165, 1.54) is 27.8 Å². The minimum atomic E-state index is 0.153. The van der Waals surface area contributed by atoms with Crippen molar-refractivity contribution in [2.75, 3.05) is 0 Å². The van der Waals surface area contributed by atoms with Crippen LogP contribution in [0.2, 0.25) is 0 Å². The van der Waals surface area contributed by atoms with Crippen LogP contribution in [-0.4, -0.2) is 0 Å². The molecule has 0 amide bonds. The van der Waals surface area contributed by atoms with Gasteiger partial charge in [0, 0.05) is 6.04 Å². The summed E-state index contributed by atoms with van der Waals surface area (Å²) in [5.41, 5.74) is 9.46. The van der Waals surface area contributed by atoms with E-state index in [2.05, 4.69) is 68.7 Å². The smallest absolute Gasteiger partial charge is 0.0500 e. The minimum absolute atomic E-state index is 0.153. The van der Waals surface area contributed by atoms with Gasteiger partial charge in [0.1, 0.15) is 0 Å². The zero-order valence-electron chi connectivity index (χ0n) is 11.9. The molecule has 0 spiro atoms. The highest BCUT2D eigenvalue weighted by Crippen LogP contribution is 2.21. The van der Waals surface area contributed by atoms with Gasteiger partial charge in [0.05, 0.1) is 0 Å². The average molecular weight is 254 g/mol. The second-order valence-corrected chi connectivity index (χ2v) is 5.19. The lowest BCUT2D eigenvalue weighted by Crippen LogP contribution is -2.29. The highest BCUT2D eigenvalue weighted by molar-refractivity contribution is 5.34. The molecule has 0 saturated carbocycles. The first kappa shape index (κ1) is 13.8. The summed E-state index contributed by atoms with van der Waals surface area (Å²) in [6.45, 7) is 6.41. The molecule has 100 valence electrons. The van der Waals surface area contributed by atoms with E-state index in [1.54, 1.807) is 0 Å². The van der Waals surface area contributed by atoms with Crippen molar-refractivity contribution in [2.45, 2.75) is 33.2 Å². The Morgan fingerprint density at radius 3 is 2.32 bits per heavy atom. The minimum Gasteiger partial charge on any atom is -0.271 e. The molecule has 0 aliphatic heterocycles. The molecule has 2 nitrogen and oxygen atoms in total. The van der Waals surface area contributed by atoms with Gasteiger partial charge in [0.15, 0.2) is 0 Å². The van der Waals surface area contributed by atoms with Crippen LogP contribution >= 0.6 is 0 Å². The largest absolute Gasteiger partial charge is 0.271 e. The van der Waals surface area contributed by atoms with Crippen molar-refractivity contribution in [1.29, 1.82) is 0 Å². The average Bonchev–Trinajstić information content (AvgIpc) is 2.41. The van der Waals surface area contributed by atoms with E-state index in [0.717, 1.165) is 6.42 Å². The predicted molar refractivity (Wildman–Crippen MR) is 80.9 cm³/mol. The van der Waals surface area contributed by atoms with Gasteiger partial charge in [-0.05, 0) is 55.0 Å². The molecule has 2 rings (SSSR count). The molecule has 1 unspecified atom stereocenters. The van der Waals surface area contributed by atoms with Gasteiger partial charge in [-0.3, -0.25) is 11.3 Å². The Hall–Kier alpha value is -1.64. The molecule has 2 aromatic rings. The first-order valence-electron chi connectivity index (χ1n) is 6.69. The van der Waals surface area contributed by atoms with Crippen molar-refractivity contribution in [3.8, 4) is 0 Å². The Kier molecular flexibility index (Phi) is 4.35. The molecule has 19 heavy (non-hydrogen) atoms. The normalized spacial score (nSPS) is 12.4. The molecule has 0 aliphatic carbocycles. The molecule has 0 radical (unpaired) electrons. The fourth-order valence-electron chi connectivity index (χ4n) is 2.31. The molecule has 0 aromatic heterocycles. The van der Waals surface area contributed by atoms with Crippen LogP contribution < -0.4 is 11.3 Å². The highest BCUT2D eigenvalue weighted by Gasteiger charge is 2.12. The van der Waals surface area contributed by atoms with Crippen molar-refractivity contribution >= 4 is 0 Å².